The van der Waals surface area contributed by atoms with Crippen LogP contribution in [-0.4, -0.2) is 18.8 Å². The van der Waals surface area contributed by atoms with E-state index >= 15 is 0 Å². The van der Waals surface area contributed by atoms with Gasteiger partial charge in [-0.2, -0.15) is 0 Å². The van der Waals surface area contributed by atoms with Gasteiger partial charge in [-0.25, -0.2) is 17.5 Å². The molecule has 1 aliphatic heterocycles. The van der Waals surface area contributed by atoms with E-state index in [1.165, 1.54) is 17.0 Å². The van der Waals surface area contributed by atoms with Gasteiger partial charge in [-0.1, -0.05) is 83.3 Å². The summed E-state index contributed by atoms with van der Waals surface area (Å²) >= 11 is 18.6. The minimum Gasteiger partial charge on any atom is -0.288 e. The smallest absolute Gasteiger partial charge is 0.288 e. The zero-order chi connectivity index (χ0) is 21.5. The molecule has 0 aromatic heterocycles. The fourth-order valence-corrected chi connectivity index (χ4v) is 5.85. The van der Waals surface area contributed by atoms with Crippen molar-refractivity contribution in [2.24, 2.45) is 0 Å². The lowest BCUT2D eigenvalue weighted by atomic mass is 10.2. The average molecular weight is 482 g/mol. The molecule has 0 radical (unpaired) electrons. The van der Waals surface area contributed by atoms with Crippen LogP contribution in [0, 0.1) is 0 Å². The van der Waals surface area contributed by atoms with E-state index in [0.717, 1.165) is 9.87 Å². The number of rotatable bonds is 4. The normalized spacial score (nSPS) is 15.2. The van der Waals surface area contributed by atoms with Gasteiger partial charge in [0, 0.05) is 10.0 Å². The van der Waals surface area contributed by atoms with Crippen molar-refractivity contribution in [3.8, 4) is 0 Å². The SMILES string of the molecule is O=C1N(Cc2ccccc2)c2cc(Cl)cc(Cl)c2S(=O)(=O)N1Cc1ccccc1Cl. The van der Waals surface area contributed by atoms with Crippen LogP contribution in [0.3, 0.4) is 0 Å². The molecular formula is C21H15Cl3N2O3S. The third-order valence-electron chi connectivity index (χ3n) is 4.73. The van der Waals surface area contributed by atoms with Crippen LogP contribution in [0.1, 0.15) is 11.1 Å². The molecule has 5 nitrogen and oxygen atoms in total. The maximum Gasteiger partial charge on any atom is 0.339 e. The van der Waals surface area contributed by atoms with Crippen LogP contribution < -0.4 is 4.90 Å². The molecule has 30 heavy (non-hydrogen) atoms. The second-order valence-electron chi connectivity index (χ2n) is 6.69. The van der Waals surface area contributed by atoms with Gasteiger partial charge < -0.3 is 0 Å². The molecule has 1 heterocycles. The number of amides is 2. The predicted molar refractivity (Wildman–Crippen MR) is 119 cm³/mol. The molecule has 154 valence electrons. The molecule has 0 unspecified atom stereocenters. The molecule has 4 rings (SSSR count). The van der Waals surface area contributed by atoms with Gasteiger partial charge in [-0.3, -0.25) is 4.90 Å². The Morgan fingerprint density at radius 2 is 1.47 bits per heavy atom. The summed E-state index contributed by atoms with van der Waals surface area (Å²) in [6.07, 6.45) is 0. The highest BCUT2D eigenvalue weighted by Gasteiger charge is 2.43. The molecule has 1 aliphatic rings. The van der Waals surface area contributed by atoms with E-state index in [4.69, 9.17) is 34.8 Å². The van der Waals surface area contributed by atoms with E-state index < -0.39 is 16.1 Å². The highest BCUT2D eigenvalue weighted by atomic mass is 35.5. The highest BCUT2D eigenvalue weighted by Crippen LogP contribution is 2.42. The number of fused-ring (bicyclic) bond motifs is 1. The number of sulfonamides is 1. The van der Waals surface area contributed by atoms with Crippen molar-refractivity contribution in [1.29, 1.82) is 0 Å². The van der Waals surface area contributed by atoms with Crippen LogP contribution in [-0.2, 0) is 23.1 Å². The fraction of sp³-hybridized carbons (Fsp3) is 0.0952. The molecule has 0 bridgehead atoms. The number of anilines is 1. The summed E-state index contributed by atoms with van der Waals surface area (Å²) in [5.74, 6) is 0. The topological polar surface area (TPSA) is 57.7 Å². The molecular weight excluding hydrogens is 467 g/mol. The highest BCUT2D eigenvalue weighted by molar-refractivity contribution is 7.90. The van der Waals surface area contributed by atoms with Crippen LogP contribution in [0.15, 0.2) is 71.6 Å². The zero-order valence-electron chi connectivity index (χ0n) is 15.4. The van der Waals surface area contributed by atoms with Crippen molar-refractivity contribution in [3.63, 3.8) is 0 Å². The van der Waals surface area contributed by atoms with Crippen molar-refractivity contribution in [1.82, 2.24) is 4.31 Å². The third-order valence-corrected chi connectivity index (χ3v) is 7.53. The van der Waals surface area contributed by atoms with Crippen LogP contribution in [0.5, 0.6) is 0 Å². The summed E-state index contributed by atoms with van der Waals surface area (Å²) in [6.45, 7) is -0.0671. The number of carbonyl (C=O) groups is 1. The van der Waals surface area contributed by atoms with Crippen molar-refractivity contribution < 1.29 is 13.2 Å². The lowest BCUT2D eigenvalue weighted by Gasteiger charge is -2.37. The fourth-order valence-electron chi connectivity index (χ4n) is 3.31. The Balaban J connectivity index is 1.87. The number of urea groups is 1. The number of benzene rings is 3. The summed E-state index contributed by atoms with van der Waals surface area (Å²) in [6, 6.07) is 18.1. The van der Waals surface area contributed by atoms with Crippen molar-refractivity contribution in [2.45, 2.75) is 18.0 Å². The van der Waals surface area contributed by atoms with Gasteiger partial charge in [-0.05, 0) is 29.3 Å². The molecule has 9 heteroatoms. The van der Waals surface area contributed by atoms with Gasteiger partial charge >= 0.3 is 6.03 Å². The first-order chi connectivity index (χ1) is 14.3. The summed E-state index contributed by atoms with van der Waals surface area (Å²) < 4.78 is 27.5. The minimum atomic E-state index is -4.23. The Hall–Kier alpha value is -2.25. The Labute approximate surface area is 189 Å². The molecule has 0 saturated heterocycles. The lowest BCUT2D eigenvalue weighted by Crippen LogP contribution is -2.50. The molecule has 0 aliphatic carbocycles. The number of halogens is 3. The number of carbonyl (C=O) groups excluding carboxylic acids is 1. The van der Waals surface area contributed by atoms with E-state index in [1.54, 1.807) is 24.3 Å². The van der Waals surface area contributed by atoms with E-state index in [1.807, 2.05) is 30.3 Å². The van der Waals surface area contributed by atoms with E-state index in [2.05, 4.69) is 0 Å². The van der Waals surface area contributed by atoms with Crippen molar-refractivity contribution >= 4 is 56.5 Å². The van der Waals surface area contributed by atoms with E-state index in [-0.39, 0.29) is 33.7 Å². The minimum absolute atomic E-state index is 0.0489. The summed E-state index contributed by atoms with van der Waals surface area (Å²) in [5.41, 5.74) is 1.48. The molecule has 0 atom stereocenters. The second kappa shape index (κ2) is 8.12. The molecule has 3 aromatic carbocycles. The van der Waals surface area contributed by atoms with Crippen LogP contribution >= 0.6 is 34.8 Å². The second-order valence-corrected chi connectivity index (χ2v) is 9.74. The maximum atomic E-state index is 13.4. The predicted octanol–water partition coefficient (Wildman–Crippen LogP) is 5.98. The number of hydrogen-bond acceptors (Lipinski definition) is 3. The lowest BCUT2D eigenvalue weighted by molar-refractivity contribution is 0.226. The summed E-state index contributed by atoms with van der Waals surface area (Å²) in [4.78, 5) is 14.6. The van der Waals surface area contributed by atoms with Gasteiger partial charge in [-0.15, -0.1) is 0 Å². The quantitative estimate of drug-likeness (QED) is 0.461. The van der Waals surface area contributed by atoms with Crippen molar-refractivity contribution in [3.05, 3.63) is 92.9 Å². The monoisotopic (exact) mass is 480 g/mol. The Kier molecular flexibility index (Phi) is 5.68. The van der Waals surface area contributed by atoms with Gasteiger partial charge in [0.15, 0.2) is 0 Å². The third kappa shape index (κ3) is 3.76. The zero-order valence-corrected chi connectivity index (χ0v) is 18.5. The molecule has 3 aromatic rings. The Bertz CT molecular complexity index is 1230. The summed E-state index contributed by atoms with van der Waals surface area (Å²) in [7, 11) is -4.23. The molecule has 0 N–H and O–H groups in total. The van der Waals surface area contributed by atoms with Crippen molar-refractivity contribution in [2.75, 3.05) is 4.90 Å². The van der Waals surface area contributed by atoms with Crippen LogP contribution in [0.4, 0.5) is 10.5 Å². The van der Waals surface area contributed by atoms with Gasteiger partial charge in [0.05, 0.1) is 23.8 Å². The first-order valence-electron chi connectivity index (χ1n) is 8.89. The van der Waals surface area contributed by atoms with E-state index in [0.29, 0.717) is 10.6 Å². The first-order valence-corrected chi connectivity index (χ1v) is 11.5. The largest absolute Gasteiger partial charge is 0.339 e. The Morgan fingerprint density at radius 3 is 2.17 bits per heavy atom. The average Bonchev–Trinajstić information content (AvgIpc) is 2.70. The standard InChI is InChI=1S/C21H15Cl3N2O3S/c22-16-10-18(24)20-19(11-16)25(12-14-6-2-1-3-7-14)21(27)26(30(20,28)29)13-15-8-4-5-9-17(15)23/h1-11H,12-13H2. The first kappa shape index (κ1) is 21.0. The van der Waals surface area contributed by atoms with Gasteiger partial charge in [0.2, 0.25) is 0 Å². The molecule has 2 amide bonds. The molecule has 0 saturated carbocycles. The number of nitrogens with zero attached hydrogens (tertiary/aromatic N) is 2. The van der Waals surface area contributed by atoms with Crippen LogP contribution in [0.2, 0.25) is 15.1 Å². The number of hydrogen-bond donors (Lipinski definition) is 0. The van der Waals surface area contributed by atoms with Gasteiger partial charge in [0.1, 0.15) is 4.90 Å². The molecule has 0 spiro atoms. The maximum absolute atomic E-state index is 13.4. The Morgan fingerprint density at radius 1 is 0.800 bits per heavy atom. The van der Waals surface area contributed by atoms with Gasteiger partial charge in [0.25, 0.3) is 10.0 Å². The molecule has 0 fully saturated rings. The van der Waals surface area contributed by atoms with E-state index in [9.17, 15) is 13.2 Å². The van der Waals surface area contributed by atoms with Crippen LogP contribution in [0.25, 0.3) is 0 Å². The summed E-state index contributed by atoms with van der Waals surface area (Å²) in [5, 5.41) is 0.551.